The molecule has 0 spiro atoms. The monoisotopic (exact) mass is 452 g/mol. The highest BCUT2D eigenvalue weighted by molar-refractivity contribution is 6.01. The van der Waals surface area contributed by atoms with Crippen LogP contribution in [0, 0.1) is 22.7 Å². The first-order chi connectivity index (χ1) is 14.8. The van der Waals surface area contributed by atoms with Crippen molar-refractivity contribution in [2.24, 2.45) is 22.7 Å². The first kappa shape index (κ1) is 22.3. The number of hydrogen-bond donors (Lipinski definition) is 2. The second-order valence-corrected chi connectivity index (χ2v) is 11.0. The van der Waals surface area contributed by atoms with Gasteiger partial charge in [-0.25, -0.2) is 8.78 Å². The van der Waals surface area contributed by atoms with Gasteiger partial charge in [-0.2, -0.15) is 0 Å². The molecule has 6 nitrogen and oxygen atoms in total. The molecule has 1 aliphatic heterocycles. The van der Waals surface area contributed by atoms with E-state index in [9.17, 15) is 19.8 Å². The molecule has 4 aliphatic carbocycles. The predicted molar refractivity (Wildman–Crippen MR) is 109 cm³/mol. The third kappa shape index (κ3) is 2.32. The number of aliphatic hydroxyl groups excluding tert-OH is 2. The number of alkyl halides is 2. The van der Waals surface area contributed by atoms with Crippen molar-refractivity contribution in [1.29, 1.82) is 0 Å². The van der Waals surface area contributed by atoms with Crippen LogP contribution >= 0.6 is 0 Å². The van der Waals surface area contributed by atoms with Gasteiger partial charge in [0.1, 0.15) is 12.8 Å². The van der Waals surface area contributed by atoms with Gasteiger partial charge in [-0.05, 0) is 63.7 Å². The third-order valence-corrected chi connectivity index (χ3v) is 9.18. The zero-order chi connectivity index (χ0) is 23.5. The summed E-state index contributed by atoms with van der Waals surface area (Å²) >= 11 is 0. The van der Waals surface area contributed by atoms with Gasteiger partial charge in [0.2, 0.25) is 0 Å². The molecule has 8 heteroatoms. The number of hydrogen-bond acceptors (Lipinski definition) is 6. The number of ketones is 2. The van der Waals surface area contributed by atoms with E-state index in [1.54, 1.807) is 20.8 Å². The molecule has 0 amide bonds. The Morgan fingerprint density at radius 1 is 1.22 bits per heavy atom. The van der Waals surface area contributed by atoms with E-state index in [0.717, 1.165) is 6.08 Å². The van der Waals surface area contributed by atoms with Crippen LogP contribution in [0.25, 0.3) is 0 Å². The lowest BCUT2D eigenvalue weighted by Crippen LogP contribution is -2.71. The zero-order valence-corrected chi connectivity index (χ0v) is 18.7. The van der Waals surface area contributed by atoms with Crippen LogP contribution in [-0.4, -0.2) is 63.8 Å². The van der Waals surface area contributed by atoms with E-state index in [-0.39, 0.29) is 24.8 Å². The molecule has 2 N–H and O–H groups in total. The summed E-state index contributed by atoms with van der Waals surface area (Å²) in [5, 5.41) is 21.1. The Bertz CT molecular complexity index is 960. The Morgan fingerprint density at radius 3 is 2.56 bits per heavy atom. The molecule has 5 rings (SSSR count). The molecular formula is C24H30F2O6. The van der Waals surface area contributed by atoms with Crippen LogP contribution in [0.15, 0.2) is 23.8 Å². The highest BCUT2D eigenvalue weighted by atomic mass is 19.1. The second kappa shape index (κ2) is 6.34. The van der Waals surface area contributed by atoms with Crippen molar-refractivity contribution in [2.45, 2.75) is 82.4 Å². The molecular weight excluding hydrogens is 422 g/mol. The van der Waals surface area contributed by atoms with Gasteiger partial charge in [-0.3, -0.25) is 9.59 Å². The lowest BCUT2D eigenvalue weighted by atomic mass is 9.44. The van der Waals surface area contributed by atoms with Gasteiger partial charge in [0.15, 0.2) is 28.6 Å². The summed E-state index contributed by atoms with van der Waals surface area (Å²) < 4.78 is 44.8. The minimum absolute atomic E-state index is 0.0550. The van der Waals surface area contributed by atoms with E-state index in [2.05, 4.69) is 0 Å². The van der Waals surface area contributed by atoms with Crippen LogP contribution in [0.1, 0.15) is 47.0 Å². The molecule has 0 aromatic heterocycles. The van der Waals surface area contributed by atoms with Crippen molar-refractivity contribution in [3.05, 3.63) is 23.8 Å². The first-order valence-corrected chi connectivity index (χ1v) is 11.3. The summed E-state index contributed by atoms with van der Waals surface area (Å²) in [6, 6.07) is 0. The lowest BCUT2D eigenvalue weighted by Gasteiger charge is -2.63. The van der Waals surface area contributed by atoms with E-state index < -0.39 is 76.3 Å². The molecule has 0 radical (unpaired) electrons. The van der Waals surface area contributed by atoms with Crippen molar-refractivity contribution < 1.29 is 38.1 Å². The number of halogens is 2. The summed E-state index contributed by atoms with van der Waals surface area (Å²) in [4.78, 5) is 25.1. The van der Waals surface area contributed by atoms with Crippen LogP contribution in [0.2, 0.25) is 0 Å². The number of fused-ring (bicyclic) bond motifs is 7. The first-order valence-electron chi connectivity index (χ1n) is 11.3. The summed E-state index contributed by atoms with van der Waals surface area (Å²) in [7, 11) is 0. The van der Waals surface area contributed by atoms with Crippen molar-refractivity contribution in [1.82, 2.24) is 0 Å². The average Bonchev–Trinajstić information content (AvgIpc) is 3.11. The highest BCUT2D eigenvalue weighted by Crippen LogP contribution is 2.72. The van der Waals surface area contributed by atoms with Crippen molar-refractivity contribution in [3.63, 3.8) is 0 Å². The van der Waals surface area contributed by atoms with Crippen LogP contribution in [0.4, 0.5) is 8.78 Å². The van der Waals surface area contributed by atoms with E-state index >= 15 is 8.78 Å². The fraction of sp³-hybridized carbons (Fsp3) is 0.750. The maximum atomic E-state index is 17.1. The molecule has 3 saturated carbocycles. The van der Waals surface area contributed by atoms with Gasteiger partial charge in [-0.15, -0.1) is 0 Å². The van der Waals surface area contributed by atoms with Gasteiger partial charge in [-0.1, -0.05) is 13.0 Å². The standard InChI is InChI=1S/C24H30F2O6/c1-20(2)31-19-9-13-14-8-16(25)15-7-12(28)5-6-21(15,3)23(14,26)17(29)10-22(13,4)24(19,32-20)18(30)11-27/h5-7,13-14,16-17,19,27,29H,8-11H2,1-4H3/t13-,14-,16+,17+,19-,21-,22-,23-,24+/m0/s1. The molecule has 32 heavy (non-hydrogen) atoms. The summed E-state index contributed by atoms with van der Waals surface area (Å²) in [5.41, 5.74) is -6.30. The summed E-state index contributed by atoms with van der Waals surface area (Å²) in [6.07, 6.45) is -0.151. The number of rotatable bonds is 2. The van der Waals surface area contributed by atoms with E-state index in [0.29, 0.717) is 0 Å². The van der Waals surface area contributed by atoms with Crippen LogP contribution < -0.4 is 0 Å². The Kier molecular flexibility index (Phi) is 4.42. The number of allylic oxidation sites excluding steroid dienone is 4. The zero-order valence-electron chi connectivity index (χ0n) is 18.7. The molecule has 5 aliphatic rings. The molecule has 0 unspecified atom stereocenters. The number of aliphatic hydroxyl groups is 2. The minimum atomic E-state index is -2.24. The number of ether oxygens (including phenoxy) is 2. The maximum Gasteiger partial charge on any atom is 0.193 e. The highest BCUT2D eigenvalue weighted by Gasteiger charge is 2.80. The lowest BCUT2D eigenvalue weighted by molar-refractivity contribution is -0.248. The van der Waals surface area contributed by atoms with Gasteiger partial charge in [0, 0.05) is 16.7 Å². The third-order valence-electron chi connectivity index (χ3n) is 9.18. The summed E-state index contributed by atoms with van der Waals surface area (Å²) in [5.74, 6) is -3.53. The number of Topliss-reactive ketones (excluding diaryl/α,β-unsaturated/α-hetero) is 1. The normalized spacial score (nSPS) is 53.2. The van der Waals surface area contributed by atoms with Gasteiger partial charge < -0.3 is 19.7 Å². The van der Waals surface area contributed by atoms with Crippen LogP contribution in [0.5, 0.6) is 0 Å². The van der Waals surface area contributed by atoms with Crippen molar-refractivity contribution in [3.8, 4) is 0 Å². The van der Waals surface area contributed by atoms with Gasteiger partial charge >= 0.3 is 0 Å². The quantitative estimate of drug-likeness (QED) is 0.668. The molecule has 0 aromatic carbocycles. The summed E-state index contributed by atoms with van der Waals surface area (Å²) in [6.45, 7) is 5.87. The fourth-order valence-electron chi connectivity index (χ4n) is 7.92. The predicted octanol–water partition coefficient (Wildman–Crippen LogP) is 2.37. The molecule has 1 heterocycles. The topological polar surface area (TPSA) is 93.1 Å². The Morgan fingerprint density at radius 2 is 1.91 bits per heavy atom. The molecule has 0 aromatic rings. The minimum Gasteiger partial charge on any atom is -0.390 e. The molecule has 1 saturated heterocycles. The number of carbonyl (C=O) groups excluding carboxylic acids is 2. The smallest absolute Gasteiger partial charge is 0.193 e. The fourth-order valence-corrected chi connectivity index (χ4v) is 7.92. The van der Waals surface area contributed by atoms with Crippen LogP contribution in [0.3, 0.4) is 0 Å². The second-order valence-electron chi connectivity index (χ2n) is 11.0. The molecule has 0 bridgehead atoms. The SMILES string of the molecule is CC1(C)O[C@H]2C[C@H]3[C@@H]4C[C@@H](F)C5=CC(=O)C=C[C@]5(C)[C@@]4(F)[C@H](O)C[C@]3(C)[C@]2(C(=O)CO)O1. The Labute approximate surface area is 185 Å². The van der Waals surface area contributed by atoms with E-state index in [1.165, 1.54) is 19.1 Å². The molecule has 9 atom stereocenters. The van der Waals surface area contributed by atoms with Gasteiger partial charge in [0.05, 0.1) is 12.2 Å². The van der Waals surface area contributed by atoms with E-state index in [4.69, 9.17) is 9.47 Å². The van der Waals surface area contributed by atoms with E-state index in [1.807, 2.05) is 0 Å². The van der Waals surface area contributed by atoms with Crippen LogP contribution in [-0.2, 0) is 19.1 Å². The maximum absolute atomic E-state index is 17.1. The molecule has 4 fully saturated rings. The number of carbonyl (C=O) groups is 2. The van der Waals surface area contributed by atoms with Crippen molar-refractivity contribution >= 4 is 11.6 Å². The Balaban J connectivity index is 1.66. The average molecular weight is 452 g/mol. The van der Waals surface area contributed by atoms with Gasteiger partial charge in [0.25, 0.3) is 0 Å². The largest absolute Gasteiger partial charge is 0.390 e. The van der Waals surface area contributed by atoms with Crippen molar-refractivity contribution in [2.75, 3.05) is 6.61 Å². The molecule has 176 valence electrons. The Hall–Kier alpha value is -1.48.